The van der Waals surface area contributed by atoms with E-state index in [1.54, 1.807) is 6.92 Å². The molecular formula is C12H14O. The van der Waals surface area contributed by atoms with Gasteiger partial charge in [-0.15, -0.1) is 0 Å². The van der Waals surface area contributed by atoms with Gasteiger partial charge < -0.3 is 0 Å². The molecule has 0 saturated heterocycles. The Morgan fingerprint density at radius 3 is 2.46 bits per heavy atom. The average Bonchev–Trinajstić information content (AvgIpc) is 2.08. The van der Waals surface area contributed by atoms with Gasteiger partial charge in [-0.25, -0.2) is 0 Å². The average molecular weight is 174 g/mol. The van der Waals surface area contributed by atoms with Crippen LogP contribution in [0.1, 0.15) is 28.4 Å². The molecule has 1 aromatic carbocycles. The number of aryl methyl sites for hydroxylation is 1. The number of benzene rings is 1. The predicted molar refractivity (Wildman–Crippen MR) is 55.1 cm³/mol. The Labute approximate surface area is 79.1 Å². The maximum atomic E-state index is 11.6. The van der Waals surface area contributed by atoms with E-state index in [0.29, 0.717) is 5.57 Å². The molecule has 0 aliphatic heterocycles. The van der Waals surface area contributed by atoms with Crippen molar-refractivity contribution in [3.63, 3.8) is 0 Å². The first-order chi connectivity index (χ1) is 6.04. The van der Waals surface area contributed by atoms with Gasteiger partial charge in [-0.3, -0.25) is 4.79 Å². The Balaban J connectivity index is 3.23. The van der Waals surface area contributed by atoms with Crippen molar-refractivity contribution < 1.29 is 4.79 Å². The number of ketones is 1. The van der Waals surface area contributed by atoms with E-state index in [4.69, 9.17) is 0 Å². The van der Waals surface area contributed by atoms with Gasteiger partial charge in [0, 0.05) is 5.56 Å². The minimum Gasteiger partial charge on any atom is -0.289 e. The molecule has 1 heteroatoms. The lowest BCUT2D eigenvalue weighted by Crippen LogP contribution is -2.03. The lowest BCUT2D eigenvalue weighted by atomic mass is 9.97. The van der Waals surface area contributed by atoms with Gasteiger partial charge in [0.25, 0.3) is 0 Å². The second kappa shape index (κ2) is 3.56. The molecule has 0 radical (unpaired) electrons. The summed E-state index contributed by atoms with van der Waals surface area (Å²) in [5.74, 6) is 0.0428. The molecule has 0 unspecified atom stereocenters. The highest BCUT2D eigenvalue weighted by atomic mass is 16.1. The molecule has 1 nitrogen and oxygen atoms in total. The number of carbonyl (C=O) groups excluding carboxylic acids is 1. The van der Waals surface area contributed by atoms with Gasteiger partial charge in [0.05, 0.1) is 0 Å². The van der Waals surface area contributed by atoms with Crippen molar-refractivity contribution in [3.05, 3.63) is 47.0 Å². The topological polar surface area (TPSA) is 17.1 Å². The quantitative estimate of drug-likeness (QED) is 0.497. The van der Waals surface area contributed by atoms with Crippen LogP contribution < -0.4 is 0 Å². The zero-order valence-corrected chi connectivity index (χ0v) is 8.35. The van der Waals surface area contributed by atoms with Crippen LogP contribution in [0.25, 0.3) is 0 Å². The standard InChI is InChI=1S/C12H14O/c1-8(2)12(13)11-7-5-6-9(3)10(11)4/h5-7H,1H2,2-4H3. The summed E-state index contributed by atoms with van der Waals surface area (Å²) in [5, 5.41) is 0. The Morgan fingerprint density at radius 2 is 1.92 bits per heavy atom. The van der Waals surface area contributed by atoms with Crippen molar-refractivity contribution in [2.24, 2.45) is 0 Å². The molecule has 0 spiro atoms. The SMILES string of the molecule is C=C(C)C(=O)c1cccc(C)c1C. The van der Waals surface area contributed by atoms with Gasteiger partial charge in [-0.1, -0.05) is 24.8 Å². The summed E-state index contributed by atoms with van der Waals surface area (Å²) in [5.41, 5.74) is 3.56. The summed E-state index contributed by atoms with van der Waals surface area (Å²) >= 11 is 0. The lowest BCUT2D eigenvalue weighted by molar-refractivity contribution is 0.103. The van der Waals surface area contributed by atoms with Gasteiger partial charge in [0.2, 0.25) is 0 Å². The molecule has 0 aromatic heterocycles. The molecule has 0 fully saturated rings. The third kappa shape index (κ3) is 1.86. The summed E-state index contributed by atoms with van der Waals surface area (Å²) in [6, 6.07) is 5.75. The summed E-state index contributed by atoms with van der Waals surface area (Å²) in [6.45, 7) is 9.36. The van der Waals surface area contributed by atoms with Crippen LogP contribution in [0, 0.1) is 13.8 Å². The van der Waals surface area contributed by atoms with E-state index in [9.17, 15) is 4.79 Å². The predicted octanol–water partition coefficient (Wildman–Crippen LogP) is 3.06. The number of rotatable bonds is 2. The molecule has 13 heavy (non-hydrogen) atoms. The van der Waals surface area contributed by atoms with Gasteiger partial charge in [0.1, 0.15) is 0 Å². The molecule has 68 valence electrons. The fourth-order valence-electron chi connectivity index (χ4n) is 1.23. The Hall–Kier alpha value is -1.37. The fourth-order valence-corrected chi connectivity index (χ4v) is 1.23. The lowest BCUT2D eigenvalue weighted by Gasteiger charge is -2.06. The van der Waals surface area contributed by atoms with Crippen molar-refractivity contribution in [3.8, 4) is 0 Å². The van der Waals surface area contributed by atoms with Crippen LogP contribution >= 0.6 is 0 Å². The van der Waals surface area contributed by atoms with E-state index in [2.05, 4.69) is 6.58 Å². The summed E-state index contributed by atoms with van der Waals surface area (Å²) in [7, 11) is 0. The van der Waals surface area contributed by atoms with Gasteiger partial charge in [-0.2, -0.15) is 0 Å². The number of hydrogen-bond donors (Lipinski definition) is 0. The number of carbonyl (C=O) groups is 1. The van der Waals surface area contributed by atoms with Crippen molar-refractivity contribution in [2.75, 3.05) is 0 Å². The van der Waals surface area contributed by atoms with E-state index in [1.807, 2.05) is 32.0 Å². The van der Waals surface area contributed by atoms with Crippen LogP contribution in [0.5, 0.6) is 0 Å². The van der Waals surface area contributed by atoms with Crippen LogP contribution in [0.4, 0.5) is 0 Å². The molecule has 1 aromatic rings. The zero-order chi connectivity index (χ0) is 10.0. The number of allylic oxidation sites excluding steroid dienone is 1. The highest BCUT2D eigenvalue weighted by Crippen LogP contribution is 2.15. The largest absolute Gasteiger partial charge is 0.289 e. The Kier molecular flexibility index (Phi) is 2.66. The van der Waals surface area contributed by atoms with Crippen LogP contribution in [0.3, 0.4) is 0 Å². The first-order valence-electron chi connectivity index (χ1n) is 4.30. The van der Waals surface area contributed by atoms with E-state index < -0.39 is 0 Å². The Bertz CT molecular complexity index is 361. The molecule has 0 atom stereocenters. The second-order valence-electron chi connectivity index (χ2n) is 3.36. The van der Waals surface area contributed by atoms with Crippen molar-refractivity contribution >= 4 is 5.78 Å². The molecule has 0 amide bonds. The van der Waals surface area contributed by atoms with Crippen molar-refractivity contribution in [2.45, 2.75) is 20.8 Å². The molecule has 1 rings (SSSR count). The molecule has 0 bridgehead atoms. The normalized spacial score (nSPS) is 9.77. The van der Waals surface area contributed by atoms with Crippen molar-refractivity contribution in [1.29, 1.82) is 0 Å². The fraction of sp³-hybridized carbons (Fsp3) is 0.250. The van der Waals surface area contributed by atoms with Gasteiger partial charge in [-0.05, 0) is 37.5 Å². The number of hydrogen-bond acceptors (Lipinski definition) is 1. The highest BCUT2D eigenvalue weighted by molar-refractivity contribution is 6.08. The maximum Gasteiger partial charge on any atom is 0.188 e. The summed E-state index contributed by atoms with van der Waals surface area (Å²) in [6.07, 6.45) is 0. The van der Waals surface area contributed by atoms with Crippen LogP contribution in [0.2, 0.25) is 0 Å². The molecule has 0 aliphatic carbocycles. The van der Waals surface area contributed by atoms with E-state index in [-0.39, 0.29) is 5.78 Å². The third-order valence-electron chi connectivity index (χ3n) is 2.24. The molecular weight excluding hydrogens is 160 g/mol. The van der Waals surface area contributed by atoms with Crippen LogP contribution in [-0.4, -0.2) is 5.78 Å². The smallest absolute Gasteiger partial charge is 0.188 e. The monoisotopic (exact) mass is 174 g/mol. The molecule has 0 N–H and O–H groups in total. The number of Topliss-reactive ketones (excluding diaryl/α,β-unsaturated/α-hetero) is 1. The summed E-state index contributed by atoms with van der Waals surface area (Å²) < 4.78 is 0. The highest BCUT2D eigenvalue weighted by Gasteiger charge is 2.09. The van der Waals surface area contributed by atoms with E-state index in [0.717, 1.165) is 16.7 Å². The third-order valence-corrected chi connectivity index (χ3v) is 2.24. The van der Waals surface area contributed by atoms with Crippen LogP contribution in [0.15, 0.2) is 30.4 Å². The minimum atomic E-state index is 0.0428. The molecule has 0 aliphatic rings. The maximum absolute atomic E-state index is 11.6. The van der Waals surface area contributed by atoms with Crippen LogP contribution in [-0.2, 0) is 0 Å². The molecule has 0 saturated carbocycles. The van der Waals surface area contributed by atoms with Crippen molar-refractivity contribution in [1.82, 2.24) is 0 Å². The van der Waals surface area contributed by atoms with E-state index in [1.165, 1.54) is 0 Å². The van der Waals surface area contributed by atoms with Gasteiger partial charge in [0.15, 0.2) is 5.78 Å². The zero-order valence-electron chi connectivity index (χ0n) is 8.35. The first-order valence-corrected chi connectivity index (χ1v) is 4.30. The summed E-state index contributed by atoms with van der Waals surface area (Å²) in [4.78, 5) is 11.6. The van der Waals surface area contributed by atoms with E-state index >= 15 is 0 Å². The minimum absolute atomic E-state index is 0.0428. The van der Waals surface area contributed by atoms with Gasteiger partial charge >= 0.3 is 0 Å². The Morgan fingerprint density at radius 1 is 1.31 bits per heavy atom. The second-order valence-corrected chi connectivity index (χ2v) is 3.36. The molecule has 0 heterocycles. The first kappa shape index (κ1) is 9.72.